The number of ether oxygens (including phenoxy) is 1. The lowest BCUT2D eigenvalue weighted by molar-refractivity contribution is -0.141. The minimum atomic E-state index is 0.00780. The zero-order valence-corrected chi connectivity index (χ0v) is 25.4. The highest BCUT2D eigenvalue weighted by atomic mass is 16.5. The number of carbonyl (C=O) groups excluding carboxylic acids is 2. The third-order valence-corrected chi connectivity index (χ3v) is 8.61. The summed E-state index contributed by atoms with van der Waals surface area (Å²) >= 11 is 0. The summed E-state index contributed by atoms with van der Waals surface area (Å²) in [6.45, 7) is 6.43. The van der Waals surface area contributed by atoms with E-state index in [-0.39, 0.29) is 24.4 Å². The molecule has 6 rings (SSSR count). The van der Waals surface area contributed by atoms with E-state index in [9.17, 15) is 9.59 Å². The van der Waals surface area contributed by atoms with Crippen molar-refractivity contribution in [3.05, 3.63) is 102 Å². The summed E-state index contributed by atoms with van der Waals surface area (Å²) in [6, 6.07) is 27.2. The van der Waals surface area contributed by atoms with Crippen LogP contribution < -0.4 is 9.64 Å². The molecule has 228 valence electrons. The number of hydrogen-bond acceptors (Lipinski definition) is 7. The van der Waals surface area contributed by atoms with Crippen molar-refractivity contribution in [2.45, 2.75) is 19.4 Å². The molecule has 2 aliphatic heterocycles. The molecule has 0 unspecified atom stereocenters. The fourth-order valence-electron chi connectivity index (χ4n) is 6.24. The molecule has 1 aromatic heterocycles. The van der Waals surface area contributed by atoms with Gasteiger partial charge in [0.15, 0.2) is 11.7 Å². The molecule has 44 heavy (non-hydrogen) atoms. The highest BCUT2D eigenvalue weighted by molar-refractivity contribution is 5.85. The van der Waals surface area contributed by atoms with Crippen molar-refractivity contribution in [2.75, 3.05) is 64.4 Å². The van der Waals surface area contributed by atoms with Crippen LogP contribution in [0.5, 0.6) is 5.75 Å². The average molecular weight is 594 g/mol. The van der Waals surface area contributed by atoms with Crippen molar-refractivity contribution in [3.63, 3.8) is 0 Å². The minimum Gasteiger partial charge on any atom is -0.496 e. The number of rotatable bonds is 8. The maximum absolute atomic E-state index is 13.4. The smallest absolute Gasteiger partial charge is 0.242 e. The number of oxazole rings is 1. The van der Waals surface area contributed by atoms with Crippen molar-refractivity contribution < 1.29 is 18.7 Å². The average Bonchev–Trinajstić information content (AvgIpc) is 3.42. The predicted molar refractivity (Wildman–Crippen MR) is 170 cm³/mol. The van der Waals surface area contributed by atoms with Crippen LogP contribution in [0, 0.1) is 6.92 Å². The highest BCUT2D eigenvalue weighted by Gasteiger charge is 2.30. The predicted octanol–water partition coefficient (Wildman–Crippen LogP) is 4.63. The van der Waals surface area contributed by atoms with Gasteiger partial charge in [0.25, 0.3) is 0 Å². The first-order valence-electron chi connectivity index (χ1n) is 15.3. The molecule has 3 aromatic carbocycles. The lowest BCUT2D eigenvalue weighted by Crippen LogP contribution is -2.52. The molecule has 0 aliphatic carbocycles. The Balaban J connectivity index is 1.07. The second-order valence-electron chi connectivity index (χ2n) is 11.3. The number of piperazine rings is 1. The molecule has 9 heteroatoms. The van der Waals surface area contributed by atoms with Crippen LogP contribution in [0.1, 0.15) is 29.5 Å². The number of methoxy groups -OCH3 is 1. The van der Waals surface area contributed by atoms with Crippen molar-refractivity contribution in [1.82, 2.24) is 19.7 Å². The lowest BCUT2D eigenvalue weighted by Gasteiger charge is -2.40. The van der Waals surface area contributed by atoms with E-state index < -0.39 is 0 Å². The second kappa shape index (κ2) is 13.3. The van der Waals surface area contributed by atoms with E-state index in [1.165, 1.54) is 11.1 Å². The normalized spacial score (nSPS) is 16.3. The van der Waals surface area contributed by atoms with Crippen LogP contribution in [-0.2, 0) is 9.59 Å². The van der Waals surface area contributed by atoms with Gasteiger partial charge in [-0.1, -0.05) is 60.7 Å². The molecule has 0 atom stereocenters. The van der Waals surface area contributed by atoms with Crippen LogP contribution in [-0.4, -0.2) is 91.0 Å². The van der Waals surface area contributed by atoms with Crippen molar-refractivity contribution in [3.8, 4) is 17.1 Å². The molecule has 0 spiro atoms. The third-order valence-electron chi connectivity index (χ3n) is 8.61. The van der Waals surface area contributed by atoms with E-state index in [1.807, 2.05) is 42.2 Å². The Morgan fingerprint density at radius 1 is 0.886 bits per heavy atom. The largest absolute Gasteiger partial charge is 0.496 e. The first-order valence-corrected chi connectivity index (χ1v) is 15.3. The lowest BCUT2D eigenvalue weighted by atomic mass is 9.96. The zero-order valence-electron chi connectivity index (χ0n) is 25.4. The SMILES string of the molecule is COc1cc(N2CCC(=O)N(CC(=O)N3CCN(C(c4ccccc4)c4ccccc4)CC3)CC2)ccc1-c1cnc(C)o1. The van der Waals surface area contributed by atoms with Crippen LogP contribution in [0.3, 0.4) is 0 Å². The number of nitrogens with zero attached hydrogens (tertiary/aromatic N) is 5. The number of aromatic nitrogens is 1. The molecule has 3 heterocycles. The summed E-state index contributed by atoms with van der Waals surface area (Å²) in [5.74, 6) is 1.95. The third kappa shape index (κ3) is 6.48. The summed E-state index contributed by atoms with van der Waals surface area (Å²) in [6.07, 6.45) is 2.04. The summed E-state index contributed by atoms with van der Waals surface area (Å²) in [4.78, 5) is 39.0. The summed E-state index contributed by atoms with van der Waals surface area (Å²) in [5, 5.41) is 0. The topological polar surface area (TPSA) is 82.4 Å². The first-order chi connectivity index (χ1) is 21.5. The minimum absolute atomic E-state index is 0.00780. The molecule has 2 fully saturated rings. The second-order valence-corrected chi connectivity index (χ2v) is 11.3. The van der Waals surface area contributed by atoms with Gasteiger partial charge in [0, 0.05) is 70.9 Å². The van der Waals surface area contributed by atoms with Gasteiger partial charge in [0.2, 0.25) is 11.8 Å². The molecule has 2 aliphatic rings. The summed E-state index contributed by atoms with van der Waals surface area (Å²) < 4.78 is 11.4. The molecule has 4 aromatic rings. The zero-order chi connectivity index (χ0) is 30.5. The fourth-order valence-corrected chi connectivity index (χ4v) is 6.24. The maximum atomic E-state index is 13.4. The van der Waals surface area contributed by atoms with Gasteiger partial charge in [-0.3, -0.25) is 14.5 Å². The van der Waals surface area contributed by atoms with Gasteiger partial charge in [0.1, 0.15) is 5.75 Å². The van der Waals surface area contributed by atoms with E-state index >= 15 is 0 Å². The number of amides is 2. The van der Waals surface area contributed by atoms with Gasteiger partial charge < -0.3 is 23.9 Å². The number of carbonyl (C=O) groups is 2. The molecule has 0 N–H and O–H groups in total. The van der Waals surface area contributed by atoms with Crippen molar-refractivity contribution >= 4 is 17.5 Å². The van der Waals surface area contributed by atoms with Crippen molar-refractivity contribution in [1.29, 1.82) is 0 Å². The molecule has 0 bridgehead atoms. The van der Waals surface area contributed by atoms with Crippen LogP contribution in [0.4, 0.5) is 5.69 Å². The Morgan fingerprint density at radius 2 is 1.57 bits per heavy atom. The standard InChI is InChI=1S/C35H39N5O4/c1-26-36-24-32(44-26)30-14-13-29(23-31(30)43-2)37-16-15-33(41)40(22-17-37)25-34(42)38-18-20-39(21-19-38)35(27-9-5-3-6-10-27)28-11-7-4-8-12-28/h3-14,23-24,35H,15-22,25H2,1-2H3. The Morgan fingerprint density at radius 3 is 2.18 bits per heavy atom. The van der Waals surface area contributed by atoms with E-state index in [0.29, 0.717) is 56.5 Å². The Kier molecular flexibility index (Phi) is 8.93. The monoisotopic (exact) mass is 593 g/mol. The van der Waals surface area contributed by atoms with Gasteiger partial charge in [-0.15, -0.1) is 0 Å². The van der Waals surface area contributed by atoms with Crippen LogP contribution >= 0.6 is 0 Å². The van der Waals surface area contributed by atoms with Crippen LogP contribution in [0.2, 0.25) is 0 Å². The van der Waals surface area contributed by atoms with Crippen LogP contribution in [0.25, 0.3) is 11.3 Å². The van der Waals surface area contributed by atoms with Crippen LogP contribution in [0.15, 0.2) is 89.5 Å². The Labute approximate surface area is 258 Å². The van der Waals surface area contributed by atoms with E-state index in [4.69, 9.17) is 9.15 Å². The molecular weight excluding hydrogens is 554 g/mol. The van der Waals surface area contributed by atoms with Gasteiger partial charge in [-0.2, -0.15) is 0 Å². The van der Waals surface area contributed by atoms with E-state index in [2.05, 4.69) is 63.3 Å². The van der Waals surface area contributed by atoms with Gasteiger partial charge in [-0.05, 0) is 23.3 Å². The molecule has 2 saturated heterocycles. The Hall–Kier alpha value is -4.63. The molecule has 0 radical (unpaired) electrons. The van der Waals surface area contributed by atoms with Gasteiger partial charge in [0.05, 0.1) is 31.5 Å². The molecular formula is C35H39N5O4. The summed E-state index contributed by atoms with van der Waals surface area (Å²) in [5.41, 5.74) is 4.29. The van der Waals surface area contributed by atoms with E-state index in [0.717, 1.165) is 24.3 Å². The highest BCUT2D eigenvalue weighted by Crippen LogP contribution is 2.34. The van der Waals surface area contributed by atoms with E-state index in [1.54, 1.807) is 18.2 Å². The molecule has 0 saturated carbocycles. The number of anilines is 1. The number of benzene rings is 3. The fraction of sp³-hybridized carbons (Fsp3) is 0.343. The van der Waals surface area contributed by atoms with Gasteiger partial charge in [-0.25, -0.2) is 4.98 Å². The first kappa shape index (κ1) is 29.4. The summed E-state index contributed by atoms with van der Waals surface area (Å²) in [7, 11) is 1.63. The molecule has 9 nitrogen and oxygen atoms in total. The quantitative estimate of drug-likeness (QED) is 0.295. The molecule has 2 amide bonds. The number of hydrogen-bond donors (Lipinski definition) is 0. The Bertz CT molecular complexity index is 1530. The maximum Gasteiger partial charge on any atom is 0.242 e. The van der Waals surface area contributed by atoms with Crippen molar-refractivity contribution in [2.24, 2.45) is 0 Å². The number of aryl methyl sites for hydroxylation is 1. The van der Waals surface area contributed by atoms with Gasteiger partial charge >= 0.3 is 0 Å².